The molecule has 1 amide bonds. The Morgan fingerprint density at radius 1 is 1.65 bits per heavy atom. The van der Waals surface area contributed by atoms with Crippen molar-refractivity contribution in [2.45, 2.75) is 13.8 Å². The fourth-order valence-corrected chi connectivity index (χ4v) is 1.18. The van der Waals surface area contributed by atoms with E-state index >= 15 is 0 Å². The van der Waals surface area contributed by atoms with Crippen molar-refractivity contribution in [2.75, 3.05) is 11.9 Å². The van der Waals surface area contributed by atoms with Gasteiger partial charge in [-0.2, -0.15) is 0 Å². The van der Waals surface area contributed by atoms with Crippen molar-refractivity contribution in [3.05, 3.63) is 35.1 Å². The number of anilines is 1. The largest absolute Gasteiger partial charge is 0.449 e. The fraction of sp³-hybridized carbons (Fsp3) is 0.333. The van der Waals surface area contributed by atoms with Crippen molar-refractivity contribution in [1.29, 1.82) is 0 Å². The quantitative estimate of drug-likeness (QED) is 0.682. The number of amides is 1. The van der Waals surface area contributed by atoms with Gasteiger partial charge in [-0.15, -0.1) is 0 Å². The molecule has 5 heteroatoms. The molecule has 1 heterocycles. The third-order valence-electron chi connectivity index (χ3n) is 2.28. The van der Waals surface area contributed by atoms with Crippen LogP contribution in [0.3, 0.4) is 0 Å². The van der Waals surface area contributed by atoms with Crippen LogP contribution in [0.1, 0.15) is 13.8 Å². The molecule has 1 aromatic heterocycles. The molecule has 1 aromatic rings. The van der Waals surface area contributed by atoms with Crippen LogP contribution in [0.4, 0.5) is 10.5 Å². The monoisotopic (exact) mass is 298 g/mol. The summed E-state index contributed by atoms with van der Waals surface area (Å²) in [6.07, 6.45) is 1.07. The summed E-state index contributed by atoms with van der Waals surface area (Å²) in [5.41, 5.74) is 1.59. The maximum Gasteiger partial charge on any atom is 0.411 e. The third-order valence-corrected chi connectivity index (χ3v) is 2.75. The summed E-state index contributed by atoms with van der Waals surface area (Å²) in [5.74, 6) is 0.156. The predicted molar refractivity (Wildman–Crippen MR) is 70.9 cm³/mol. The van der Waals surface area contributed by atoms with Crippen molar-refractivity contribution in [3.8, 4) is 0 Å². The van der Waals surface area contributed by atoms with Crippen molar-refractivity contribution < 1.29 is 9.53 Å². The van der Waals surface area contributed by atoms with Gasteiger partial charge in [-0.1, -0.05) is 19.1 Å². The summed E-state index contributed by atoms with van der Waals surface area (Å²) in [6, 6.07) is 3.48. The van der Waals surface area contributed by atoms with Gasteiger partial charge in [-0.05, 0) is 35.0 Å². The van der Waals surface area contributed by atoms with Crippen LogP contribution >= 0.6 is 15.9 Å². The standard InChI is InChI=1S/C12H15BrN2O2/c1-8(2)9(3)7-17-12(16)15-10-4-5-11(13)14-6-10/h4-6,9H,1,7H2,2-3H3,(H,15,16)/t9-/m1/s1. The Hall–Kier alpha value is -1.36. The maximum atomic E-state index is 11.4. The molecule has 0 fully saturated rings. The lowest BCUT2D eigenvalue weighted by Gasteiger charge is -2.12. The number of nitrogens with zero attached hydrogens (tertiary/aromatic N) is 1. The van der Waals surface area contributed by atoms with E-state index in [1.165, 1.54) is 0 Å². The van der Waals surface area contributed by atoms with Crippen LogP contribution in [-0.4, -0.2) is 17.7 Å². The number of hydrogen-bond donors (Lipinski definition) is 1. The molecule has 4 nitrogen and oxygen atoms in total. The minimum absolute atomic E-state index is 0.156. The Labute approximate surface area is 109 Å². The van der Waals surface area contributed by atoms with Crippen LogP contribution in [0.15, 0.2) is 35.1 Å². The number of halogens is 1. The Balaban J connectivity index is 2.39. The molecule has 17 heavy (non-hydrogen) atoms. The first kappa shape index (κ1) is 13.7. The van der Waals surface area contributed by atoms with E-state index in [0.717, 1.165) is 5.57 Å². The van der Waals surface area contributed by atoms with Crippen molar-refractivity contribution in [2.24, 2.45) is 5.92 Å². The van der Waals surface area contributed by atoms with Gasteiger partial charge < -0.3 is 4.74 Å². The molecule has 1 atom stereocenters. The Kier molecular flexibility index (Phi) is 5.15. The summed E-state index contributed by atoms with van der Waals surface area (Å²) >= 11 is 3.21. The highest BCUT2D eigenvalue weighted by molar-refractivity contribution is 9.10. The fourth-order valence-electron chi connectivity index (χ4n) is 0.947. The van der Waals surface area contributed by atoms with E-state index in [2.05, 4.69) is 32.8 Å². The highest BCUT2D eigenvalue weighted by Gasteiger charge is 2.07. The summed E-state index contributed by atoms with van der Waals surface area (Å²) < 4.78 is 5.76. The normalized spacial score (nSPS) is 11.7. The number of rotatable bonds is 4. The highest BCUT2D eigenvalue weighted by atomic mass is 79.9. The lowest BCUT2D eigenvalue weighted by Crippen LogP contribution is -2.18. The second-order valence-electron chi connectivity index (χ2n) is 3.84. The zero-order valence-corrected chi connectivity index (χ0v) is 11.5. The van der Waals surface area contributed by atoms with Gasteiger partial charge in [-0.25, -0.2) is 9.78 Å². The number of carbonyl (C=O) groups excluding carboxylic acids is 1. The zero-order chi connectivity index (χ0) is 12.8. The predicted octanol–water partition coefficient (Wildman–Crippen LogP) is 3.60. The van der Waals surface area contributed by atoms with Crippen LogP contribution in [0.2, 0.25) is 0 Å². The average Bonchev–Trinajstić information content (AvgIpc) is 2.29. The van der Waals surface area contributed by atoms with Gasteiger partial charge in [0.05, 0.1) is 18.5 Å². The average molecular weight is 299 g/mol. The van der Waals surface area contributed by atoms with E-state index in [4.69, 9.17) is 4.74 Å². The van der Waals surface area contributed by atoms with E-state index in [-0.39, 0.29) is 5.92 Å². The Bertz CT molecular complexity index is 403. The van der Waals surface area contributed by atoms with Crippen molar-refractivity contribution in [3.63, 3.8) is 0 Å². The van der Waals surface area contributed by atoms with Crippen LogP contribution in [0, 0.1) is 5.92 Å². The lowest BCUT2D eigenvalue weighted by atomic mass is 10.1. The molecular formula is C12H15BrN2O2. The molecule has 0 spiro atoms. The molecule has 1 rings (SSSR count). The molecule has 1 N–H and O–H groups in total. The van der Waals surface area contributed by atoms with Gasteiger partial charge in [0.15, 0.2) is 0 Å². The molecule has 0 aliphatic rings. The SMILES string of the molecule is C=C(C)[C@H](C)COC(=O)Nc1ccc(Br)nc1. The van der Waals surface area contributed by atoms with Crippen molar-refractivity contribution >= 4 is 27.7 Å². The smallest absolute Gasteiger partial charge is 0.411 e. The Morgan fingerprint density at radius 3 is 2.88 bits per heavy atom. The maximum absolute atomic E-state index is 11.4. The molecule has 0 saturated carbocycles. The molecule has 0 aromatic carbocycles. The molecular weight excluding hydrogens is 284 g/mol. The highest BCUT2D eigenvalue weighted by Crippen LogP contribution is 2.11. The molecule has 0 radical (unpaired) electrons. The minimum Gasteiger partial charge on any atom is -0.449 e. The summed E-state index contributed by atoms with van der Waals surface area (Å²) in [5, 5.41) is 2.59. The molecule has 0 aliphatic heterocycles. The van der Waals surface area contributed by atoms with Gasteiger partial charge in [-0.3, -0.25) is 5.32 Å². The van der Waals surface area contributed by atoms with Crippen LogP contribution in [-0.2, 0) is 4.74 Å². The number of aromatic nitrogens is 1. The molecule has 0 bridgehead atoms. The number of carbonyl (C=O) groups is 1. The number of nitrogens with one attached hydrogen (secondary N) is 1. The first-order valence-corrected chi connectivity index (χ1v) is 5.99. The zero-order valence-electron chi connectivity index (χ0n) is 9.87. The second-order valence-corrected chi connectivity index (χ2v) is 4.65. The van der Waals surface area contributed by atoms with Crippen LogP contribution < -0.4 is 5.32 Å². The Morgan fingerprint density at radius 2 is 2.35 bits per heavy atom. The van der Waals surface area contributed by atoms with E-state index in [1.807, 2.05) is 13.8 Å². The van der Waals surface area contributed by atoms with Crippen LogP contribution in [0.25, 0.3) is 0 Å². The first-order valence-electron chi connectivity index (χ1n) is 5.19. The summed E-state index contributed by atoms with van der Waals surface area (Å²) in [7, 11) is 0. The minimum atomic E-state index is -0.484. The topological polar surface area (TPSA) is 51.2 Å². The van der Waals surface area contributed by atoms with Gasteiger partial charge in [0.1, 0.15) is 4.60 Å². The second kappa shape index (κ2) is 6.39. The molecule has 0 unspecified atom stereocenters. The van der Waals surface area contributed by atoms with E-state index in [0.29, 0.717) is 16.9 Å². The number of ether oxygens (including phenoxy) is 1. The van der Waals surface area contributed by atoms with Crippen LogP contribution in [0.5, 0.6) is 0 Å². The van der Waals surface area contributed by atoms with E-state index in [9.17, 15) is 4.79 Å². The summed E-state index contributed by atoms with van der Waals surface area (Å²) in [4.78, 5) is 15.4. The third kappa shape index (κ3) is 4.99. The number of hydrogen-bond acceptors (Lipinski definition) is 3. The summed E-state index contributed by atoms with van der Waals surface area (Å²) in [6.45, 7) is 7.99. The van der Waals surface area contributed by atoms with Gasteiger partial charge in [0.25, 0.3) is 0 Å². The van der Waals surface area contributed by atoms with E-state index in [1.54, 1.807) is 18.3 Å². The molecule has 0 saturated heterocycles. The van der Waals surface area contributed by atoms with Gasteiger partial charge >= 0.3 is 6.09 Å². The molecule has 0 aliphatic carbocycles. The number of pyridine rings is 1. The van der Waals surface area contributed by atoms with Gasteiger partial charge in [0.2, 0.25) is 0 Å². The van der Waals surface area contributed by atoms with Crippen molar-refractivity contribution in [1.82, 2.24) is 4.98 Å². The van der Waals surface area contributed by atoms with Gasteiger partial charge in [0, 0.05) is 5.92 Å². The first-order chi connectivity index (χ1) is 7.99. The van der Waals surface area contributed by atoms with E-state index < -0.39 is 6.09 Å². The lowest BCUT2D eigenvalue weighted by molar-refractivity contribution is 0.150. The molecule has 92 valence electrons.